The topological polar surface area (TPSA) is 164 Å². The van der Waals surface area contributed by atoms with E-state index in [-0.39, 0.29) is 29.8 Å². The number of ether oxygens (including phenoxy) is 2. The number of anilines is 1. The van der Waals surface area contributed by atoms with Crippen molar-refractivity contribution in [1.82, 2.24) is 24.6 Å². The molecule has 0 saturated heterocycles. The first kappa shape index (κ1) is 27.4. The lowest BCUT2D eigenvalue weighted by Gasteiger charge is -2.25. The van der Waals surface area contributed by atoms with Gasteiger partial charge in [0, 0.05) is 6.07 Å². The van der Waals surface area contributed by atoms with Crippen molar-refractivity contribution in [3.8, 4) is 11.5 Å². The Labute approximate surface area is 209 Å². The molecule has 196 valence electrons. The lowest BCUT2D eigenvalue weighted by molar-refractivity contribution is -0.150. The van der Waals surface area contributed by atoms with Crippen molar-refractivity contribution in [3.63, 3.8) is 0 Å². The highest BCUT2D eigenvalue weighted by Crippen LogP contribution is 2.44. The molecule has 0 aliphatic rings. The summed E-state index contributed by atoms with van der Waals surface area (Å²) in [4.78, 5) is 24.9. The highest BCUT2D eigenvalue weighted by molar-refractivity contribution is 7.57. The molecule has 36 heavy (non-hydrogen) atoms. The van der Waals surface area contributed by atoms with Gasteiger partial charge in [-0.1, -0.05) is 19.4 Å². The average Bonchev–Trinajstić information content (AvgIpc) is 3.22. The van der Waals surface area contributed by atoms with E-state index in [2.05, 4.69) is 20.0 Å². The van der Waals surface area contributed by atoms with Crippen molar-refractivity contribution in [1.29, 1.82) is 0 Å². The second-order valence-electron chi connectivity index (χ2n) is 8.58. The van der Waals surface area contributed by atoms with Crippen LogP contribution in [-0.2, 0) is 25.4 Å². The van der Waals surface area contributed by atoms with Gasteiger partial charge in [-0.15, -0.1) is 0 Å². The van der Waals surface area contributed by atoms with Crippen LogP contribution >= 0.6 is 7.52 Å². The average molecular weight is 521 g/mol. The zero-order valence-electron chi connectivity index (χ0n) is 20.8. The molecule has 0 fully saturated rings. The van der Waals surface area contributed by atoms with Crippen LogP contribution in [0.15, 0.2) is 36.9 Å². The maximum Gasteiger partial charge on any atom is 0.342 e. The van der Waals surface area contributed by atoms with E-state index in [1.165, 1.54) is 18.5 Å². The molecule has 1 unspecified atom stereocenters. The number of nitrogens with zero attached hydrogens (tertiary/aromatic N) is 4. The minimum atomic E-state index is -3.78. The van der Waals surface area contributed by atoms with Crippen LogP contribution in [0.3, 0.4) is 0 Å². The molecule has 4 N–H and O–H groups in total. The first-order chi connectivity index (χ1) is 17.1. The van der Waals surface area contributed by atoms with Crippen molar-refractivity contribution in [2.45, 2.75) is 65.3 Å². The summed E-state index contributed by atoms with van der Waals surface area (Å²) in [5, 5.41) is 12.5. The maximum atomic E-state index is 13.8. The summed E-state index contributed by atoms with van der Waals surface area (Å²) in [6.45, 7) is 7.48. The lowest BCUT2D eigenvalue weighted by Crippen LogP contribution is -2.37. The molecule has 12 nitrogen and oxygen atoms in total. The number of phenolic OH excluding ortho intramolecular Hbond substituents is 1. The molecule has 0 spiro atoms. The van der Waals surface area contributed by atoms with Gasteiger partial charge in [0.15, 0.2) is 11.5 Å². The van der Waals surface area contributed by atoms with Crippen LogP contribution in [0, 0.1) is 0 Å². The van der Waals surface area contributed by atoms with Gasteiger partial charge in [0.25, 0.3) is 0 Å². The second-order valence-corrected chi connectivity index (χ2v) is 10.6. The van der Waals surface area contributed by atoms with Crippen molar-refractivity contribution in [2.75, 3.05) is 12.1 Å². The van der Waals surface area contributed by atoms with E-state index in [0.717, 1.165) is 12.8 Å². The Balaban J connectivity index is 1.71. The van der Waals surface area contributed by atoms with E-state index in [1.807, 2.05) is 6.92 Å². The van der Waals surface area contributed by atoms with E-state index >= 15 is 0 Å². The predicted octanol–water partition coefficient (Wildman–Crippen LogP) is 3.46. The third-order valence-electron chi connectivity index (χ3n) is 5.24. The molecule has 13 heteroatoms. The van der Waals surface area contributed by atoms with Crippen LogP contribution in [-0.4, -0.2) is 55.2 Å². The van der Waals surface area contributed by atoms with E-state index in [0.29, 0.717) is 17.7 Å². The minimum Gasteiger partial charge on any atom is -0.508 e. The van der Waals surface area contributed by atoms with Gasteiger partial charge in [0.1, 0.15) is 35.7 Å². The highest BCUT2D eigenvalue weighted by Gasteiger charge is 2.32. The molecular weight excluding hydrogens is 487 g/mol. The first-order valence-corrected chi connectivity index (χ1v) is 13.5. The lowest BCUT2D eigenvalue weighted by atomic mass is 10.2. The molecule has 3 rings (SSSR count). The molecule has 0 aliphatic carbocycles. The normalized spacial score (nSPS) is 15.7. The fourth-order valence-electron chi connectivity index (χ4n) is 3.50. The van der Waals surface area contributed by atoms with E-state index < -0.39 is 25.6 Å². The Morgan fingerprint density at radius 1 is 1.22 bits per heavy atom. The zero-order chi connectivity index (χ0) is 26.3. The molecule has 4 atom stereocenters. The number of carbonyl (C=O) groups is 1. The van der Waals surface area contributed by atoms with Gasteiger partial charge >= 0.3 is 13.5 Å². The van der Waals surface area contributed by atoms with Crippen LogP contribution in [0.5, 0.6) is 11.5 Å². The molecule has 2 aromatic heterocycles. The van der Waals surface area contributed by atoms with Crippen molar-refractivity contribution >= 4 is 30.5 Å². The molecule has 0 radical (unpaired) electrons. The standard InChI is InChI=1S/C23H33N6O6P/c1-5-7-15(2)34-23(31)17(4)28-36(32,35-19-9-6-8-18(30)10-19)14-33-16(3)11-29-13-27-20-21(24)25-12-26-22(20)29/h6,8-10,12-13,15-17,30H,5,7,11,14H2,1-4H3,(H,28,32)(H2,24,25,26)/t15-,16+,17-,36?/m0/s1. The van der Waals surface area contributed by atoms with E-state index in [1.54, 1.807) is 43.8 Å². The SMILES string of the molecule is CCC[C@H](C)OC(=O)[C@H](C)NP(=O)(CO[C@H](C)Cn1cnc2c(N)ncnc21)Oc1cccc(O)c1. The fraction of sp³-hybridized carbons (Fsp3) is 0.478. The fourth-order valence-corrected chi connectivity index (χ4v) is 5.28. The monoisotopic (exact) mass is 520 g/mol. The second kappa shape index (κ2) is 12.2. The Morgan fingerprint density at radius 3 is 2.72 bits per heavy atom. The molecule has 0 saturated carbocycles. The summed E-state index contributed by atoms with van der Waals surface area (Å²) in [5.74, 6) is -0.169. The third kappa shape index (κ3) is 7.39. The summed E-state index contributed by atoms with van der Waals surface area (Å²) in [6.07, 6.45) is 3.46. The van der Waals surface area contributed by atoms with Gasteiger partial charge in [-0.3, -0.25) is 9.36 Å². The number of nitrogen functional groups attached to an aromatic ring is 1. The van der Waals surface area contributed by atoms with Crippen LogP contribution in [0.4, 0.5) is 5.82 Å². The van der Waals surface area contributed by atoms with Gasteiger partial charge in [-0.25, -0.2) is 20.0 Å². The molecule has 0 amide bonds. The van der Waals surface area contributed by atoms with Crippen molar-refractivity contribution in [2.24, 2.45) is 0 Å². The predicted molar refractivity (Wildman–Crippen MR) is 135 cm³/mol. The van der Waals surface area contributed by atoms with Gasteiger partial charge < -0.3 is 29.4 Å². The Bertz CT molecular complexity index is 1220. The summed E-state index contributed by atoms with van der Waals surface area (Å²) in [7, 11) is -3.78. The van der Waals surface area contributed by atoms with Crippen LogP contribution in [0.25, 0.3) is 11.2 Å². The van der Waals surface area contributed by atoms with Crippen molar-refractivity contribution in [3.05, 3.63) is 36.9 Å². The van der Waals surface area contributed by atoms with Crippen LogP contribution in [0.2, 0.25) is 0 Å². The number of nitrogens with one attached hydrogen (secondary N) is 1. The molecule has 0 bridgehead atoms. The number of imidazole rings is 1. The third-order valence-corrected chi connectivity index (χ3v) is 7.01. The molecule has 1 aromatic carbocycles. The van der Waals surface area contributed by atoms with Gasteiger partial charge in [0.2, 0.25) is 0 Å². The van der Waals surface area contributed by atoms with Gasteiger partial charge in [0.05, 0.1) is 25.1 Å². The molecule has 2 heterocycles. The minimum absolute atomic E-state index is 0.0533. The number of aromatic hydroxyl groups is 1. The smallest absolute Gasteiger partial charge is 0.342 e. The number of nitrogens with two attached hydrogens (primary N) is 1. The highest BCUT2D eigenvalue weighted by atomic mass is 31.2. The number of fused-ring (bicyclic) bond motifs is 1. The Hall–Kier alpha value is -3.21. The molecular formula is C23H33N6O6P. The number of hydrogen-bond donors (Lipinski definition) is 3. The Kier molecular flexibility index (Phi) is 9.25. The largest absolute Gasteiger partial charge is 0.508 e. The summed E-state index contributed by atoms with van der Waals surface area (Å²) in [5.41, 5.74) is 6.87. The number of aromatic nitrogens is 4. The van der Waals surface area contributed by atoms with Crippen LogP contribution < -0.4 is 15.3 Å². The molecule has 3 aromatic rings. The number of carbonyl (C=O) groups excluding carboxylic acids is 1. The van der Waals surface area contributed by atoms with Crippen LogP contribution in [0.1, 0.15) is 40.5 Å². The molecule has 0 aliphatic heterocycles. The van der Waals surface area contributed by atoms with E-state index in [4.69, 9.17) is 19.7 Å². The van der Waals surface area contributed by atoms with Crippen molar-refractivity contribution < 1.29 is 28.5 Å². The summed E-state index contributed by atoms with van der Waals surface area (Å²) < 4.78 is 32.6. The summed E-state index contributed by atoms with van der Waals surface area (Å²) >= 11 is 0. The zero-order valence-corrected chi connectivity index (χ0v) is 21.7. The maximum absolute atomic E-state index is 13.8. The number of esters is 1. The number of hydrogen-bond acceptors (Lipinski definition) is 10. The number of rotatable bonds is 13. The Morgan fingerprint density at radius 2 is 2.00 bits per heavy atom. The first-order valence-electron chi connectivity index (χ1n) is 11.7. The number of phenols is 1. The van der Waals surface area contributed by atoms with Gasteiger partial charge in [-0.05, 0) is 39.3 Å². The summed E-state index contributed by atoms with van der Waals surface area (Å²) in [6, 6.07) is 4.96. The number of benzene rings is 1. The van der Waals surface area contributed by atoms with E-state index in [9.17, 15) is 14.5 Å². The van der Waals surface area contributed by atoms with Gasteiger partial charge in [-0.2, -0.15) is 0 Å². The quantitative estimate of drug-likeness (QED) is 0.223.